The second-order valence-corrected chi connectivity index (χ2v) is 7.15. The summed E-state index contributed by atoms with van der Waals surface area (Å²) in [5.41, 5.74) is 2.78. The first kappa shape index (κ1) is 20.2. The highest BCUT2D eigenvalue weighted by molar-refractivity contribution is 5.92. The molecular formula is C23H22N2O4. The number of carboxylic acid groups (broad SMARTS) is 1. The zero-order chi connectivity index (χ0) is 21.0. The molecule has 2 N–H and O–H groups in total. The zero-order valence-corrected chi connectivity index (χ0v) is 16.1. The minimum absolute atomic E-state index is 0.0941. The molecule has 0 heterocycles. The summed E-state index contributed by atoms with van der Waals surface area (Å²) in [7, 11) is 1.64. The van der Waals surface area contributed by atoms with Crippen LogP contribution in [0.5, 0.6) is 0 Å². The number of terminal acetylenes is 1. The Morgan fingerprint density at radius 2 is 1.83 bits per heavy atom. The smallest absolute Gasteiger partial charge is 0.335 e. The van der Waals surface area contributed by atoms with E-state index in [2.05, 4.69) is 11.2 Å². The Morgan fingerprint density at radius 3 is 2.52 bits per heavy atom. The summed E-state index contributed by atoms with van der Waals surface area (Å²) >= 11 is 0. The molecule has 2 atom stereocenters. The predicted octanol–water partition coefficient (Wildman–Crippen LogP) is 2.40. The molecule has 3 rings (SSSR count). The largest absolute Gasteiger partial charge is 0.478 e. The van der Waals surface area contributed by atoms with Crippen LogP contribution in [0.3, 0.4) is 0 Å². The van der Waals surface area contributed by atoms with Crippen LogP contribution in [0.2, 0.25) is 0 Å². The van der Waals surface area contributed by atoms with Gasteiger partial charge >= 0.3 is 5.97 Å². The van der Waals surface area contributed by atoms with E-state index in [-0.39, 0.29) is 35.8 Å². The Morgan fingerprint density at radius 1 is 1.14 bits per heavy atom. The molecule has 1 saturated carbocycles. The SMILES string of the molecule is C#CCN(C)C(=O)[C@@H]1C[C@@H]1C(=O)NCc1cccc(-c2cccc(C(=O)O)c2)c1. The van der Waals surface area contributed by atoms with E-state index in [0.717, 1.165) is 16.7 Å². The van der Waals surface area contributed by atoms with E-state index in [0.29, 0.717) is 13.0 Å². The molecule has 6 heteroatoms. The standard InChI is InChI=1S/C23H22N2O4/c1-3-10-25(2)22(27)20-13-19(20)21(26)24-14-15-6-4-7-16(11-15)17-8-5-9-18(12-17)23(28)29/h1,4-9,11-12,19-20H,10,13-14H2,2H3,(H,24,26)(H,28,29)/t19-,20+/m0/s1. The number of nitrogens with one attached hydrogen (secondary N) is 1. The molecule has 0 bridgehead atoms. The fraction of sp³-hybridized carbons (Fsp3) is 0.261. The van der Waals surface area contributed by atoms with Crippen molar-refractivity contribution in [2.45, 2.75) is 13.0 Å². The zero-order valence-electron chi connectivity index (χ0n) is 16.1. The molecule has 1 aliphatic rings. The number of rotatable bonds is 7. The molecule has 0 unspecified atom stereocenters. The maximum Gasteiger partial charge on any atom is 0.335 e. The van der Waals surface area contributed by atoms with Crippen LogP contribution in [0.25, 0.3) is 11.1 Å². The average molecular weight is 390 g/mol. The van der Waals surface area contributed by atoms with Crippen LogP contribution < -0.4 is 5.32 Å². The minimum atomic E-state index is -0.975. The number of amides is 2. The van der Waals surface area contributed by atoms with Crippen LogP contribution in [0.15, 0.2) is 48.5 Å². The minimum Gasteiger partial charge on any atom is -0.478 e. The Balaban J connectivity index is 1.60. The quantitative estimate of drug-likeness (QED) is 0.711. The number of aromatic carboxylic acids is 1. The third-order valence-corrected chi connectivity index (χ3v) is 4.99. The van der Waals surface area contributed by atoms with Crippen molar-refractivity contribution in [2.24, 2.45) is 11.8 Å². The van der Waals surface area contributed by atoms with Gasteiger partial charge in [-0.2, -0.15) is 0 Å². The Hall–Kier alpha value is -3.59. The molecule has 2 aromatic carbocycles. The van der Waals surface area contributed by atoms with E-state index in [1.807, 2.05) is 30.3 Å². The summed E-state index contributed by atoms with van der Waals surface area (Å²) in [6, 6.07) is 14.3. The van der Waals surface area contributed by atoms with E-state index in [4.69, 9.17) is 11.5 Å². The van der Waals surface area contributed by atoms with Gasteiger partial charge in [-0.05, 0) is 41.3 Å². The highest BCUT2D eigenvalue weighted by Crippen LogP contribution is 2.40. The van der Waals surface area contributed by atoms with Crippen LogP contribution >= 0.6 is 0 Å². The molecule has 0 saturated heterocycles. The van der Waals surface area contributed by atoms with Crippen molar-refractivity contribution in [1.82, 2.24) is 10.2 Å². The molecule has 2 amide bonds. The number of carbonyl (C=O) groups is 3. The Kier molecular flexibility index (Phi) is 5.99. The van der Waals surface area contributed by atoms with E-state index < -0.39 is 5.97 Å². The molecule has 1 fully saturated rings. The maximum atomic E-state index is 12.4. The Bertz CT molecular complexity index is 992. The third-order valence-electron chi connectivity index (χ3n) is 4.99. The lowest BCUT2D eigenvalue weighted by atomic mass is 10.0. The number of carboxylic acids is 1. The van der Waals surface area contributed by atoms with Crippen LogP contribution in [-0.2, 0) is 16.1 Å². The third kappa shape index (κ3) is 4.82. The van der Waals surface area contributed by atoms with Crippen molar-refractivity contribution in [3.63, 3.8) is 0 Å². The summed E-state index contributed by atoms with van der Waals surface area (Å²) in [6.45, 7) is 0.572. The van der Waals surface area contributed by atoms with Crippen molar-refractivity contribution in [1.29, 1.82) is 0 Å². The molecule has 0 aliphatic heterocycles. The van der Waals surface area contributed by atoms with E-state index in [9.17, 15) is 14.4 Å². The molecule has 0 radical (unpaired) electrons. The van der Waals surface area contributed by atoms with Gasteiger partial charge in [0, 0.05) is 13.6 Å². The van der Waals surface area contributed by atoms with Crippen molar-refractivity contribution in [3.8, 4) is 23.5 Å². The van der Waals surface area contributed by atoms with E-state index in [1.54, 1.807) is 25.2 Å². The first-order chi connectivity index (χ1) is 13.9. The van der Waals surface area contributed by atoms with Gasteiger partial charge in [-0.1, -0.05) is 36.3 Å². The average Bonchev–Trinajstić information content (AvgIpc) is 3.53. The Labute approximate surface area is 169 Å². The van der Waals surface area contributed by atoms with Crippen molar-refractivity contribution >= 4 is 17.8 Å². The van der Waals surface area contributed by atoms with Gasteiger partial charge in [-0.3, -0.25) is 9.59 Å². The van der Waals surface area contributed by atoms with Gasteiger partial charge in [0.1, 0.15) is 0 Å². The molecule has 148 valence electrons. The van der Waals surface area contributed by atoms with Crippen LogP contribution in [0, 0.1) is 24.2 Å². The molecule has 2 aromatic rings. The summed E-state index contributed by atoms with van der Waals surface area (Å²) < 4.78 is 0. The number of nitrogens with zero attached hydrogens (tertiary/aromatic N) is 1. The van der Waals surface area contributed by atoms with Gasteiger partial charge in [0.25, 0.3) is 0 Å². The van der Waals surface area contributed by atoms with Crippen molar-refractivity contribution in [2.75, 3.05) is 13.6 Å². The molecular weight excluding hydrogens is 368 g/mol. The van der Waals surface area contributed by atoms with Gasteiger partial charge in [-0.25, -0.2) is 4.79 Å². The second-order valence-electron chi connectivity index (χ2n) is 7.15. The lowest BCUT2D eigenvalue weighted by Gasteiger charge is -2.13. The first-order valence-electron chi connectivity index (χ1n) is 9.29. The topological polar surface area (TPSA) is 86.7 Å². The predicted molar refractivity (Wildman–Crippen MR) is 109 cm³/mol. The molecule has 1 aliphatic carbocycles. The van der Waals surface area contributed by atoms with Gasteiger partial charge in [0.05, 0.1) is 23.9 Å². The second kappa shape index (κ2) is 8.61. The van der Waals surface area contributed by atoms with Gasteiger partial charge in [-0.15, -0.1) is 6.42 Å². The normalized spacial score (nSPS) is 17.1. The van der Waals surface area contributed by atoms with Crippen LogP contribution in [-0.4, -0.2) is 41.4 Å². The lowest BCUT2D eigenvalue weighted by molar-refractivity contribution is -0.133. The van der Waals surface area contributed by atoms with Crippen LogP contribution in [0.1, 0.15) is 22.3 Å². The fourth-order valence-electron chi connectivity index (χ4n) is 3.27. The number of carbonyl (C=O) groups excluding carboxylic acids is 2. The summed E-state index contributed by atoms with van der Waals surface area (Å²) in [5.74, 6) is 0.610. The summed E-state index contributed by atoms with van der Waals surface area (Å²) in [6.07, 6.45) is 5.76. The van der Waals surface area contributed by atoms with Gasteiger partial charge in [0.2, 0.25) is 11.8 Å². The molecule has 29 heavy (non-hydrogen) atoms. The van der Waals surface area contributed by atoms with Gasteiger partial charge in [0.15, 0.2) is 0 Å². The van der Waals surface area contributed by atoms with Gasteiger partial charge < -0.3 is 15.3 Å². The number of benzene rings is 2. The molecule has 0 spiro atoms. The highest BCUT2D eigenvalue weighted by atomic mass is 16.4. The highest BCUT2D eigenvalue weighted by Gasteiger charge is 2.48. The fourth-order valence-corrected chi connectivity index (χ4v) is 3.27. The summed E-state index contributed by atoms with van der Waals surface area (Å²) in [4.78, 5) is 37.2. The number of hydrogen-bond donors (Lipinski definition) is 2. The summed E-state index contributed by atoms with van der Waals surface area (Å²) in [5, 5.41) is 12.0. The lowest BCUT2D eigenvalue weighted by Crippen LogP contribution is -2.31. The number of hydrogen-bond acceptors (Lipinski definition) is 3. The van der Waals surface area contributed by atoms with Crippen LogP contribution in [0.4, 0.5) is 0 Å². The molecule has 6 nitrogen and oxygen atoms in total. The monoisotopic (exact) mass is 390 g/mol. The van der Waals surface area contributed by atoms with E-state index in [1.165, 1.54) is 4.90 Å². The molecule has 0 aromatic heterocycles. The maximum absolute atomic E-state index is 12.4. The van der Waals surface area contributed by atoms with E-state index >= 15 is 0 Å². The van der Waals surface area contributed by atoms with Crippen molar-refractivity contribution in [3.05, 3.63) is 59.7 Å². The van der Waals surface area contributed by atoms with Crippen molar-refractivity contribution < 1.29 is 19.5 Å². The first-order valence-corrected chi connectivity index (χ1v) is 9.29.